The molecule has 0 spiro atoms. The number of amides is 1. The van der Waals surface area contributed by atoms with E-state index in [4.69, 9.17) is 0 Å². The molecule has 156 valence electrons. The molecule has 0 aliphatic carbocycles. The lowest BCUT2D eigenvalue weighted by atomic mass is 10.1. The summed E-state index contributed by atoms with van der Waals surface area (Å²) in [5.74, 6) is -1.63. The van der Waals surface area contributed by atoms with Crippen LogP contribution in [0.3, 0.4) is 0 Å². The standard InChI is InChI=1S/C18H21F3N6OS/c1-10-13(11(2)27-17(23-10)24-16(25-27)18(19,20)21)7-15(28)22-8-14(26(3)4)12-5-6-29-9-12/h5-6,9,14H,7-8H2,1-4H3,(H,22,28). The molecule has 0 fully saturated rings. The van der Waals surface area contributed by atoms with Crippen LogP contribution < -0.4 is 5.32 Å². The van der Waals surface area contributed by atoms with Crippen LogP contribution in [-0.2, 0) is 17.4 Å². The molecule has 29 heavy (non-hydrogen) atoms. The molecule has 3 rings (SSSR count). The van der Waals surface area contributed by atoms with Gasteiger partial charge in [0.2, 0.25) is 5.91 Å². The van der Waals surface area contributed by atoms with Gasteiger partial charge in [0.15, 0.2) is 0 Å². The van der Waals surface area contributed by atoms with Gasteiger partial charge in [0, 0.05) is 23.5 Å². The summed E-state index contributed by atoms with van der Waals surface area (Å²) in [4.78, 5) is 22.1. The van der Waals surface area contributed by atoms with Crippen molar-refractivity contribution < 1.29 is 18.0 Å². The van der Waals surface area contributed by atoms with Gasteiger partial charge in [0.05, 0.1) is 12.5 Å². The highest BCUT2D eigenvalue weighted by Gasteiger charge is 2.37. The quantitative estimate of drug-likeness (QED) is 0.656. The Hall–Kier alpha value is -2.53. The minimum Gasteiger partial charge on any atom is -0.354 e. The van der Waals surface area contributed by atoms with Crippen LogP contribution in [-0.4, -0.2) is 51.0 Å². The van der Waals surface area contributed by atoms with E-state index < -0.39 is 12.0 Å². The highest BCUT2D eigenvalue weighted by molar-refractivity contribution is 7.07. The predicted octanol–water partition coefficient (Wildman–Crippen LogP) is 2.78. The van der Waals surface area contributed by atoms with Gasteiger partial charge in [0.1, 0.15) is 0 Å². The zero-order valence-electron chi connectivity index (χ0n) is 16.4. The fourth-order valence-electron chi connectivity index (χ4n) is 3.08. The molecule has 0 aliphatic rings. The number of likely N-dealkylation sites (N-methyl/N-ethyl adjacent to an activating group) is 1. The summed E-state index contributed by atoms with van der Waals surface area (Å²) in [6.07, 6.45) is -4.67. The molecule has 1 unspecified atom stereocenters. The summed E-state index contributed by atoms with van der Waals surface area (Å²) in [6, 6.07) is 2.04. The van der Waals surface area contributed by atoms with Gasteiger partial charge in [-0.3, -0.25) is 4.79 Å². The van der Waals surface area contributed by atoms with E-state index in [1.807, 2.05) is 35.8 Å². The summed E-state index contributed by atoms with van der Waals surface area (Å²) in [5.41, 5.74) is 2.50. The summed E-state index contributed by atoms with van der Waals surface area (Å²) < 4.78 is 39.7. The van der Waals surface area contributed by atoms with Crippen molar-refractivity contribution in [2.45, 2.75) is 32.5 Å². The van der Waals surface area contributed by atoms with E-state index in [2.05, 4.69) is 20.4 Å². The van der Waals surface area contributed by atoms with E-state index in [1.165, 1.54) is 0 Å². The molecule has 1 atom stereocenters. The largest absolute Gasteiger partial charge is 0.453 e. The van der Waals surface area contributed by atoms with Crippen LogP contribution in [0.2, 0.25) is 0 Å². The van der Waals surface area contributed by atoms with E-state index in [1.54, 1.807) is 25.2 Å². The van der Waals surface area contributed by atoms with Crippen molar-refractivity contribution in [3.05, 3.63) is 45.2 Å². The minimum atomic E-state index is -4.66. The second-order valence-corrected chi connectivity index (χ2v) is 7.70. The number of aromatic nitrogens is 4. The van der Waals surface area contributed by atoms with E-state index in [-0.39, 0.29) is 24.1 Å². The minimum absolute atomic E-state index is 0.00833. The van der Waals surface area contributed by atoms with Crippen LogP contribution in [0.5, 0.6) is 0 Å². The Bertz CT molecular complexity index is 1010. The predicted molar refractivity (Wildman–Crippen MR) is 103 cm³/mol. The van der Waals surface area contributed by atoms with E-state index in [9.17, 15) is 18.0 Å². The molecule has 1 amide bonds. The number of carbonyl (C=O) groups is 1. The summed E-state index contributed by atoms with van der Waals surface area (Å²) >= 11 is 1.59. The molecule has 1 N–H and O–H groups in total. The molecule has 3 aromatic rings. The fraction of sp³-hybridized carbons (Fsp3) is 0.444. The first-order valence-corrected chi connectivity index (χ1v) is 9.77. The normalized spacial score (nSPS) is 13.2. The third-order valence-corrected chi connectivity index (χ3v) is 5.39. The van der Waals surface area contributed by atoms with E-state index in [0.29, 0.717) is 23.5 Å². The average Bonchev–Trinajstić information content (AvgIpc) is 3.28. The van der Waals surface area contributed by atoms with Crippen LogP contribution in [0.25, 0.3) is 5.78 Å². The Balaban J connectivity index is 1.77. The molecule has 11 heteroatoms. The van der Waals surface area contributed by atoms with Crippen LogP contribution in [0.4, 0.5) is 13.2 Å². The highest BCUT2D eigenvalue weighted by Crippen LogP contribution is 2.27. The zero-order valence-corrected chi connectivity index (χ0v) is 17.2. The molecule has 0 aliphatic heterocycles. The van der Waals surface area contributed by atoms with E-state index >= 15 is 0 Å². The second-order valence-electron chi connectivity index (χ2n) is 6.92. The lowest BCUT2D eigenvalue weighted by Gasteiger charge is -2.24. The van der Waals surface area contributed by atoms with Crippen LogP contribution in [0.15, 0.2) is 16.8 Å². The van der Waals surface area contributed by atoms with E-state index in [0.717, 1.165) is 10.1 Å². The number of rotatable bonds is 6. The fourth-order valence-corrected chi connectivity index (χ4v) is 3.79. The van der Waals surface area contributed by atoms with Crippen molar-refractivity contribution in [1.82, 2.24) is 29.8 Å². The first-order valence-electron chi connectivity index (χ1n) is 8.83. The lowest BCUT2D eigenvalue weighted by molar-refractivity contribution is -0.144. The van der Waals surface area contributed by atoms with Gasteiger partial charge in [-0.05, 0) is 50.3 Å². The number of hydrogen-bond donors (Lipinski definition) is 1. The van der Waals surface area contributed by atoms with Crippen molar-refractivity contribution in [3.63, 3.8) is 0 Å². The lowest BCUT2D eigenvalue weighted by Crippen LogP contribution is -2.35. The Morgan fingerprint density at radius 3 is 2.62 bits per heavy atom. The molecule has 0 saturated heterocycles. The van der Waals surface area contributed by atoms with Gasteiger partial charge in [0.25, 0.3) is 11.6 Å². The third-order valence-electron chi connectivity index (χ3n) is 4.68. The van der Waals surface area contributed by atoms with Gasteiger partial charge in [-0.25, -0.2) is 9.50 Å². The summed E-state index contributed by atoms with van der Waals surface area (Å²) in [5, 5.41) is 10.4. The van der Waals surface area contributed by atoms with Crippen molar-refractivity contribution in [2.75, 3.05) is 20.6 Å². The van der Waals surface area contributed by atoms with Gasteiger partial charge >= 0.3 is 6.18 Å². The highest BCUT2D eigenvalue weighted by atomic mass is 32.1. The molecule has 0 radical (unpaired) electrons. The summed E-state index contributed by atoms with van der Waals surface area (Å²) in [7, 11) is 3.87. The summed E-state index contributed by atoms with van der Waals surface area (Å²) in [6.45, 7) is 3.66. The maximum Gasteiger partial charge on any atom is 0.453 e. The van der Waals surface area contributed by atoms with Gasteiger partial charge in [-0.1, -0.05) is 0 Å². The molecule has 3 aromatic heterocycles. The molecular formula is C18H21F3N6OS. The number of fused-ring (bicyclic) bond motifs is 1. The zero-order chi connectivity index (χ0) is 21.3. The van der Waals surface area contributed by atoms with Gasteiger partial charge in [-0.15, -0.1) is 5.10 Å². The first-order chi connectivity index (χ1) is 13.6. The smallest absolute Gasteiger partial charge is 0.354 e. The number of aryl methyl sites for hydroxylation is 2. The maximum atomic E-state index is 12.9. The van der Waals surface area contributed by atoms with Crippen molar-refractivity contribution in [1.29, 1.82) is 0 Å². The van der Waals surface area contributed by atoms with Crippen LogP contribution in [0.1, 0.15) is 34.4 Å². The molecular weight excluding hydrogens is 405 g/mol. The maximum absolute atomic E-state index is 12.9. The van der Waals surface area contributed by atoms with Crippen molar-refractivity contribution in [2.24, 2.45) is 0 Å². The number of thiophene rings is 1. The van der Waals surface area contributed by atoms with Gasteiger partial charge < -0.3 is 10.2 Å². The average molecular weight is 426 g/mol. The Labute approximate surface area is 169 Å². The number of halogens is 3. The second kappa shape index (κ2) is 8.07. The number of hydrogen-bond acceptors (Lipinski definition) is 6. The number of carbonyl (C=O) groups excluding carboxylic acids is 1. The van der Waals surface area contributed by atoms with Crippen molar-refractivity contribution >= 4 is 23.0 Å². The Kier molecular flexibility index (Phi) is 5.90. The number of nitrogens with zero attached hydrogens (tertiary/aromatic N) is 5. The van der Waals surface area contributed by atoms with Crippen molar-refractivity contribution in [3.8, 4) is 0 Å². The Morgan fingerprint density at radius 2 is 2.03 bits per heavy atom. The topological polar surface area (TPSA) is 75.4 Å². The number of nitrogens with one attached hydrogen (secondary N) is 1. The SMILES string of the molecule is Cc1nc2nc(C(F)(F)F)nn2c(C)c1CC(=O)NCC(c1ccsc1)N(C)C. The first kappa shape index (κ1) is 21.2. The van der Waals surface area contributed by atoms with Gasteiger partial charge in [-0.2, -0.15) is 29.5 Å². The number of alkyl halides is 3. The van der Waals surface area contributed by atoms with Crippen LogP contribution >= 0.6 is 11.3 Å². The molecule has 3 heterocycles. The Morgan fingerprint density at radius 1 is 1.31 bits per heavy atom. The molecule has 0 saturated carbocycles. The molecule has 7 nitrogen and oxygen atoms in total. The molecule has 0 aromatic carbocycles. The van der Waals surface area contributed by atoms with Crippen LogP contribution in [0, 0.1) is 13.8 Å². The third kappa shape index (κ3) is 4.56. The molecule has 0 bridgehead atoms. The monoisotopic (exact) mass is 426 g/mol.